The second kappa shape index (κ2) is 36.2. The number of esters is 1. The highest BCUT2D eigenvalue weighted by molar-refractivity contribution is 5.69. The Labute approximate surface area is 282 Å². The Morgan fingerprint density at radius 1 is 0.556 bits per heavy atom. The van der Waals surface area contributed by atoms with E-state index in [2.05, 4.69) is 25.7 Å². The molecule has 2 N–H and O–H groups in total. The first-order chi connectivity index (χ1) is 22.1. The topological polar surface area (TPSA) is 70.0 Å². The predicted octanol–water partition coefficient (Wildman–Crippen LogP) is 11.2. The average molecular weight is 640 g/mol. The highest BCUT2D eigenvalue weighted by Gasteiger charge is 2.15. The third-order valence-electron chi connectivity index (χ3n) is 9.60. The lowest BCUT2D eigenvalue weighted by Gasteiger charge is -2.27. The SMILES string of the molecule is CCCCCCCCCCC(CCCCCCCC)CCN(CCO)C[C@@H](O)CCCCCC(=O)OCCCCCCCCC. The lowest BCUT2D eigenvalue weighted by atomic mass is 9.91. The summed E-state index contributed by atoms with van der Waals surface area (Å²) in [6, 6.07) is 0. The van der Waals surface area contributed by atoms with Crippen molar-refractivity contribution in [1.82, 2.24) is 4.90 Å². The van der Waals surface area contributed by atoms with Gasteiger partial charge in [0.1, 0.15) is 0 Å². The maximum atomic E-state index is 12.0. The van der Waals surface area contributed by atoms with E-state index in [9.17, 15) is 15.0 Å². The van der Waals surface area contributed by atoms with Crippen molar-refractivity contribution in [1.29, 1.82) is 0 Å². The van der Waals surface area contributed by atoms with Crippen molar-refractivity contribution in [3.63, 3.8) is 0 Å². The normalized spacial score (nSPS) is 13.0. The van der Waals surface area contributed by atoms with Crippen molar-refractivity contribution in [2.24, 2.45) is 5.92 Å². The minimum atomic E-state index is -0.370. The summed E-state index contributed by atoms with van der Waals surface area (Å²) in [4.78, 5) is 14.3. The zero-order valence-electron chi connectivity index (χ0n) is 30.9. The molecule has 0 rings (SSSR count). The number of carbonyl (C=O) groups is 1. The molecule has 0 heterocycles. The van der Waals surface area contributed by atoms with E-state index in [1.165, 1.54) is 141 Å². The number of ether oxygens (including phenoxy) is 1. The van der Waals surface area contributed by atoms with Gasteiger partial charge in [-0.3, -0.25) is 9.69 Å². The molecule has 0 fully saturated rings. The molecule has 0 aromatic heterocycles. The predicted molar refractivity (Wildman–Crippen MR) is 195 cm³/mol. The monoisotopic (exact) mass is 640 g/mol. The van der Waals surface area contributed by atoms with Crippen LogP contribution in [0.1, 0.15) is 207 Å². The number of rotatable bonds is 37. The molecule has 0 aliphatic rings. The van der Waals surface area contributed by atoms with E-state index in [0.717, 1.165) is 51.0 Å². The first-order valence-electron chi connectivity index (χ1n) is 20.2. The largest absolute Gasteiger partial charge is 0.466 e. The van der Waals surface area contributed by atoms with E-state index in [4.69, 9.17) is 4.74 Å². The summed E-state index contributed by atoms with van der Waals surface area (Å²) in [7, 11) is 0. The molecular formula is C40H81NO4. The standard InChI is InChI=1S/C40H81NO4/c1-4-7-10-13-16-17-20-24-29-38(28-23-19-15-12-9-6-3)32-33-41(34-35-42)37-39(43)30-25-22-26-31-40(44)45-36-27-21-18-14-11-8-5-2/h38-39,42-43H,4-37H2,1-3H3/t38?,39-/m0/s1. The number of aliphatic hydroxyl groups is 2. The third-order valence-corrected chi connectivity index (χ3v) is 9.60. The van der Waals surface area contributed by atoms with Crippen LogP contribution in [-0.4, -0.2) is 60.0 Å². The molecule has 0 aliphatic heterocycles. The van der Waals surface area contributed by atoms with Gasteiger partial charge in [-0.1, -0.05) is 175 Å². The molecule has 270 valence electrons. The molecule has 0 saturated carbocycles. The van der Waals surface area contributed by atoms with Crippen LogP contribution in [0.2, 0.25) is 0 Å². The summed E-state index contributed by atoms with van der Waals surface area (Å²) in [6.45, 7) is 9.77. The molecule has 5 heteroatoms. The Bertz CT molecular complexity index is 587. The van der Waals surface area contributed by atoms with Gasteiger partial charge in [0.25, 0.3) is 0 Å². The molecule has 0 bridgehead atoms. The highest BCUT2D eigenvalue weighted by Crippen LogP contribution is 2.23. The van der Waals surface area contributed by atoms with Crippen LogP contribution >= 0.6 is 0 Å². The summed E-state index contributed by atoms with van der Waals surface area (Å²) in [5.74, 6) is 0.693. The van der Waals surface area contributed by atoms with Crippen LogP contribution in [0.3, 0.4) is 0 Å². The van der Waals surface area contributed by atoms with E-state index in [1.807, 2.05) is 0 Å². The number of unbranched alkanes of at least 4 members (excludes halogenated alkanes) is 20. The zero-order chi connectivity index (χ0) is 33.1. The summed E-state index contributed by atoms with van der Waals surface area (Å²) >= 11 is 0. The van der Waals surface area contributed by atoms with E-state index < -0.39 is 0 Å². The fraction of sp³-hybridized carbons (Fsp3) is 0.975. The van der Waals surface area contributed by atoms with Gasteiger partial charge in [0, 0.05) is 19.5 Å². The zero-order valence-corrected chi connectivity index (χ0v) is 30.9. The quantitative estimate of drug-likeness (QED) is 0.0523. The molecule has 0 radical (unpaired) electrons. The second-order valence-corrected chi connectivity index (χ2v) is 14.1. The lowest BCUT2D eigenvalue weighted by molar-refractivity contribution is -0.143. The maximum absolute atomic E-state index is 12.0. The Morgan fingerprint density at radius 2 is 1.00 bits per heavy atom. The van der Waals surface area contributed by atoms with Crippen molar-refractivity contribution in [3.8, 4) is 0 Å². The summed E-state index contributed by atoms with van der Waals surface area (Å²) in [5, 5.41) is 20.5. The van der Waals surface area contributed by atoms with Gasteiger partial charge < -0.3 is 14.9 Å². The molecule has 0 aromatic rings. The van der Waals surface area contributed by atoms with Crippen molar-refractivity contribution in [2.75, 3.05) is 32.8 Å². The van der Waals surface area contributed by atoms with E-state index in [-0.39, 0.29) is 18.7 Å². The van der Waals surface area contributed by atoms with Gasteiger partial charge in [-0.2, -0.15) is 0 Å². The fourth-order valence-electron chi connectivity index (χ4n) is 6.55. The smallest absolute Gasteiger partial charge is 0.305 e. The van der Waals surface area contributed by atoms with Crippen molar-refractivity contribution < 1.29 is 19.7 Å². The van der Waals surface area contributed by atoms with Crippen molar-refractivity contribution in [2.45, 2.75) is 213 Å². The van der Waals surface area contributed by atoms with Crippen LogP contribution in [0.15, 0.2) is 0 Å². The molecule has 0 saturated heterocycles. The number of hydrogen-bond acceptors (Lipinski definition) is 5. The molecule has 0 aliphatic carbocycles. The minimum Gasteiger partial charge on any atom is -0.466 e. The average Bonchev–Trinajstić information content (AvgIpc) is 3.03. The highest BCUT2D eigenvalue weighted by atomic mass is 16.5. The number of hydrogen-bond donors (Lipinski definition) is 2. The molecule has 0 amide bonds. The minimum absolute atomic E-state index is 0.0712. The van der Waals surface area contributed by atoms with Crippen molar-refractivity contribution in [3.05, 3.63) is 0 Å². The van der Waals surface area contributed by atoms with Crippen LogP contribution in [0.4, 0.5) is 0 Å². The molecule has 0 spiro atoms. The number of aliphatic hydroxyl groups excluding tert-OH is 2. The van der Waals surface area contributed by atoms with Gasteiger partial charge in [-0.05, 0) is 38.1 Å². The molecular weight excluding hydrogens is 558 g/mol. The Kier molecular flexibility index (Phi) is 35.7. The molecule has 1 unspecified atom stereocenters. The van der Waals surface area contributed by atoms with Crippen LogP contribution < -0.4 is 0 Å². The van der Waals surface area contributed by atoms with E-state index in [0.29, 0.717) is 26.1 Å². The summed E-state index contributed by atoms with van der Waals surface area (Å²) in [5.41, 5.74) is 0. The van der Waals surface area contributed by atoms with Crippen LogP contribution in [0.25, 0.3) is 0 Å². The number of carbonyl (C=O) groups excluding carboxylic acids is 1. The first-order valence-corrected chi connectivity index (χ1v) is 20.2. The molecule has 45 heavy (non-hydrogen) atoms. The summed E-state index contributed by atoms with van der Waals surface area (Å²) < 4.78 is 5.41. The Hall–Kier alpha value is -0.650. The van der Waals surface area contributed by atoms with Gasteiger partial charge >= 0.3 is 5.97 Å². The number of nitrogens with zero attached hydrogens (tertiary/aromatic N) is 1. The van der Waals surface area contributed by atoms with Gasteiger partial charge in [-0.25, -0.2) is 0 Å². The van der Waals surface area contributed by atoms with Gasteiger partial charge in [-0.15, -0.1) is 0 Å². The first kappa shape index (κ1) is 44.4. The van der Waals surface area contributed by atoms with Crippen molar-refractivity contribution >= 4 is 5.97 Å². The van der Waals surface area contributed by atoms with Gasteiger partial charge in [0.2, 0.25) is 0 Å². The third kappa shape index (κ3) is 33.1. The molecule has 2 atom stereocenters. The van der Waals surface area contributed by atoms with Crippen LogP contribution in [0.5, 0.6) is 0 Å². The molecule has 0 aromatic carbocycles. The second-order valence-electron chi connectivity index (χ2n) is 14.1. The van der Waals surface area contributed by atoms with Gasteiger partial charge in [0.05, 0.1) is 19.3 Å². The van der Waals surface area contributed by atoms with Crippen LogP contribution in [0, 0.1) is 5.92 Å². The Morgan fingerprint density at radius 3 is 1.51 bits per heavy atom. The van der Waals surface area contributed by atoms with E-state index >= 15 is 0 Å². The van der Waals surface area contributed by atoms with Crippen LogP contribution in [-0.2, 0) is 9.53 Å². The van der Waals surface area contributed by atoms with Gasteiger partial charge in [0.15, 0.2) is 0 Å². The maximum Gasteiger partial charge on any atom is 0.305 e. The fourth-order valence-corrected chi connectivity index (χ4v) is 6.55. The lowest BCUT2D eigenvalue weighted by Crippen LogP contribution is -2.36. The van der Waals surface area contributed by atoms with E-state index in [1.54, 1.807) is 0 Å². The molecule has 5 nitrogen and oxygen atoms in total. The summed E-state index contributed by atoms with van der Waals surface area (Å²) in [6.07, 6.45) is 35.2. The Balaban J connectivity index is 4.25.